The number of halogens is 1. The minimum absolute atomic E-state index is 0.136. The van der Waals surface area contributed by atoms with Crippen molar-refractivity contribution < 1.29 is 13.9 Å². The molecule has 3 rings (SSSR count). The molecule has 7 heteroatoms. The average Bonchev–Trinajstić information content (AvgIpc) is 3.20. The van der Waals surface area contributed by atoms with Crippen molar-refractivity contribution in [3.63, 3.8) is 0 Å². The quantitative estimate of drug-likeness (QED) is 0.683. The lowest BCUT2D eigenvalue weighted by Crippen LogP contribution is -2.33. The van der Waals surface area contributed by atoms with E-state index in [0.29, 0.717) is 5.75 Å². The molecule has 0 bridgehead atoms. The number of likely N-dealkylation sites (N-methyl/N-ethyl adjacent to an activating group) is 1. The molecule has 134 valence electrons. The first kappa shape index (κ1) is 17.6. The van der Waals surface area contributed by atoms with E-state index in [-0.39, 0.29) is 18.6 Å². The number of amides is 1. The zero-order valence-corrected chi connectivity index (χ0v) is 14.5. The average molecular weight is 354 g/mol. The third-order valence-corrected chi connectivity index (χ3v) is 4.19. The number of rotatable bonds is 6. The number of carbonyl (C=O) groups excluding carboxylic acids is 1. The zero-order chi connectivity index (χ0) is 18.5. The highest BCUT2D eigenvalue weighted by Gasteiger charge is 2.18. The van der Waals surface area contributed by atoms with Crippen molar-refractivity contribution in [1.82, 2.24) is 19.7 Å². The Kier molecular flexibility index (Phi) is 5.26. The van der Waals surface area contributed by atoms with E-state index in [9.17, 15) is 9.18 Å². The van der Waals surface area contributed by atoms with Crippen LogP contribution in [0.1, 0.15) is 18.5 Å². The maximum atomic E-state index is 13.1. The van der Waals surface area contributed by atoms with Gasteiger partial charge in [-0.25, -0.2) is 14.1 Å². The van der Waals surface area contributed by atoms with Crippen molar-refractivity contribution in [2.45, 2.75) is 13.0 Å². The van der Waals surface area contributed by atoms with Gasteiger partial charge in [0.15, 0.2) is 6.61 Å². The summed E-state index contributed by atoms with van der Waals surface area (Å²) in [5.41, 5.74) is 1.87. The fraction of sp³-hybridized carbons (Fsp3) is 0.211. The van der Waals surface area contributed by atoms with Crippen molar-refractivity contribution in [3.05, 3.63) is 72.6 Å². The zero-order valence-electron chi connectivity index (χ0n) is 14.5. The van der Waals surface area contributed by atoms with Gasteiger partial charge in [0.1, 0.15) is 24.2 Å². The number of benzene rings is 2. The van der Waals surface area contributed by atoms with Gasteiger partial charge in [-0.3, -0.25) is 4.79 Å². The molecule has 0 spiro atoms. The number of hydrogen-bond donors (Lipinski definition) is 0. The molecule has 0 unspecified atom stereocenters. The van der Waals surface area contributed by atoms with Gasteiger partial charge in [-0.15, -0.1) is 0 Å². The summed E-state index contributed by atoms with van der Waals surface area (Å²) in [6.45, 7) is 1.78. The molecule has 0 saturated heterocycles. The van der Waals surface area contributed by atoms with Crippen molar-refractivity contribution in [2.24, 2.45) is 0 Å². The molecule has 0 aliphatic carbocycles. The van der Waals surface area contributed by atoms with Crippen molar-refractivity contribution in [2.75, 3.05) is 13.7 Å². The first-order valence-corrected chi connectivity index (χ1v) is 8.13. The van der Waals surface area contributed by atoms with Gasteiger partial charge < -0.3 is 9.64 Å². The highest BCUT2D eigenvalue weighted by atomic mass is 19.1. The summed E-state index contributed by atoms with van der Waals surface area (Å²) >= 11 is 0. The van der Waals surface area contributed by atoms with Gasteiger partial charge in [-0.2, -0.15) is 5.10 Å². The summed E-state index contributed by atoms with van der Waals surface area (Å²) in [6.07, 6.45) is 3.10. The normalized spacial score (nSPS) is 11.8. The van der Waals surface area contributed by atoms with Gasteiger partial charge >= 0.3 is 0 Å². The molecule has 0 fully saturated rings. The third kappa shape index (κ3) is 4.05. The Hall–Kier alpha value is -3.22. The molecule has 0 aliphatic heterocycles. The predicted octanol–water partition coefficient (Wildman–Crippen LogP) is 3.00. The lowest BCUT2D eigenvalue weighted by atomic mass is 10.1. The van der Waals surface area contributed by atoms with E-state index in [2.05, 4.69) is 10.1 Å². The summed E-state index contributed by atoms with van der Waals surface area (Å²) in [7, 11) is 1.72. The Morgan fingerprint density at radius 3 is 2.69 bits per heavy atom. The van der Waals surface area contributed by atoms with Gasteiger partial charge in [0, 0.05) is 13.1 Å². The van der Waals surface area contributed by atoms with Crippen LogP contribution in [0.3, 0.4) is 0 Å². The molecule has 3 aromatic rings. The van der Waals surface area contributed by atoms with Gasteiger partial charge in [0.2, 0.25) is 0 Å². The SMILES string of the molecule is C[C@@H](c1ccc(-n2cncn2)cc1)N(C)C(=O)COc1cccc(F)c1. The minimum atomic E-state index is -0.399. The molecule has 26 heavy (non-hydrogen) atoms. The molecule has 2 aromatic carbocycles. The van der Waals surface area contributed by atoms with E-state index in [0.717, 1.165) is 11.3 Å². The molecule has 0 saturated carbocycles. The van der Waals surface area contributed by atoms with Crippen LogP contribution in [0.5, 0.6) is 5.75 Å². The second kappa shape index (κ2) is 7.77. The van der Waals surface area contributed by atoms with E-state index in [1.807, 2.05) is 31.2 Å². The van der Waals surface area contributed by atoms with Crippen LogP contribution >= 0.6 is 0 Å². The summed E-state index contributed by atoms with van der Waals surface area (Å²) in [6, 6.07) is 13.3. The standard InChI is InChI=1S/C19H19FN4O2/c1-14(15-6-8-17(9-7-15)24-13-21-12-22-24)23(2)19(25)11-26-18-5-3-4-16(20)10-18/h3-10,12-14H,11H2,1-2H3/t14-/m0/s1. The minimum Gasteiger partial charge on any atom is -0.484 e. The number of ether oxygens (including phenoxy) is 1. The second-order valence-electron chi connectivity index (χ2n) is 5.86. The van der Waals surface area contributed by atoms with E-state index in [1.54, 1.807) is 29.0 Å². The largest absolute Gasteiger partial charge is 0.484 e. The first-order valence-electron chi connectivity index (χ1n) is 8.13. The summed E-state index contributed by atoms with van der Waals surface area (Å²) < 4.78 is 20.2. The number of nitrogens with zero attached hydrogens (tertiary/aromatic N) is 4. The Labute approximate surface area is 150 Å². The van der Waals surface area contributed by atoms with Crippen molar-refractivity contribution >= 4 is 5.91 Å². The van der Waals surface area contributed by atoms with Crippen LogP contribution < -0.4 is 4.74 Å². The topological polar surface area (TPSA) is 60.2 Å². The number of carbonyl (C=O) groups is 1. The van der Waals surface area contributed by atoms with Crippen molar-refractivity contribution in [3.8, 4) is 11.4 Å². The fourth-order valence-corrected chi connectivity index (χ4v) is 2.49. The highest BCUT2D eigenvalue weighted by Crippen LogP contribution is 2.21. The van der Waals surface area contributed by atoms with Gasteiger partial charge in [-0.05, 0) is 36.8 Å². The lowest BCUT2D eigenvalue weighted by molar-refractivity contribution is -0.134. The van der Waals surface area contributed by atoms with Crippen LogP contribution in [0.15, 0.2) is 61.2 Å². The summed E-state index contributed by atoms with van der Waals surface area (Å²) in [5, 5.41) is 4.08. The van der Waals surface area contributed by atoms with Crippen LogP contribution in [0.2, 0.25) is 0 Å². The monoisotopic (exact) mass is 354 g/mol. The Morgan fingerprint density at radius 2 is 2.04 bits per heavy atom. The Morgan fingerprint density at radius 1 is 1.27 bits per heavy atom. The van der Waals surface area contributed by atoms with Gasteiger partial charge in [0.05, 0.1) is 11.7 Å². The van der Waals surface area contributed by atoms with E-state index >= 15 is 0 Å². The van der Waals surface area contributed by atoms with Crippen LogP contribution in [-0.4, -0.2) is 39.2 Å². The predicted molar refractivity (Wildman–Crippen MR) is 94.4 cm³/mol. The fourth-order valence-electron chi connectivity index (χ4n) is 2.49. The maximum absolute atomic E-state index is 13.1. The molecule has 0 radical (unpaired) electrons. The van der Waals surface area contributed by atoms with Crippen LogP contribution in [-0.2, 0) is 4.79 Å². The van der Waals surface area contributed by atoms with Crippen LogP contribution in [0.4, 0.5) is 4.39 Å². The summed E-state index contributed by atoms with van der Waals surface area (Å²) in [5.74, 6) is -0.261. The highest BCUT2D eigenvalue weighted by molar-refractivity contribution is 5.78. The van der Waals surface area contributed by atoms with E-state index in [4.69, 9.17) is 4.74 Å². The summed E-state index contributed by atoms with van der Waals surface area (Å²) in [4.78, 5) is 17.9. The Bertz CT molecular complexity index is 866. The molecule has 1 aromatic heterocycles. The molecule has 0 N–H and O–H groups in total. The molecule has 1 heterocycles. The Balaban J connectivity index is 1.61. The lowest BCUT2D eigenvalue weighted by Gasteiger charge is -2.25. The molecule has 1 amide bonds. The molecular weight excluding hydrogens is 335 g/mol. The van der Waals surface area contributed by atoms with Gasteiger partial charge in [-0.1, -0.05) is 18.2 Å². The second-order valence-corrected chi connectivity index (χ2v) is 5.86. The van der Waals surface area contributed by atoms with E-state index < -0.39 is 5.82 Å². The molecule has 1 atom stereocenters. The van der Waals surface area contributed by atoms with Crippen LogP contribution in [0.25, 0.3) is 5.69 Å². The number of aromatic nitrogens is 3. The van der Waals surface area contributed by atoms with E-state index in [1.165, 1.54) is 24.5 Å². The maximum Gasteiger partial charge on any atom is 0.260 e. The van der Waals surface area contributed by atoms with Gasteiger partial charge in [0.25, 0.3) is 5.91 Å². The smallest absolute Gasteiger partial charge is 0.260 e. The van der Waals surface area contributed by atoms with Crippen LogP contribution in [0, 0.1) is 5.82 Å². The number of hydrogen-bond acceptors (Lipinski definition) is 4. The van der Waals surface area contributed by atoms with Crippen molar-refractivity contribution in [1.29, 1.82) is 0 Å². The first-order chi connectivity index (χ1) is 12.5. The molecule has 6 nitrogen and oxygen atoms in total. The molecule has 0 aliphatic rings. The molecular formula is C19H19FN4O2. The third-order valence-electron chi connectivity index (χ3n) is 4.19.